The number of nitro groups is 1. The van der Waals surface area contributed by atoms with Crippen molar-refractivity contribution in [1.82, 2.24) is 0 Å². The fourth-order valence-electron chi connectivity index (χ4n) is 2.14. The Hall–Kier alpha value is -2.25. The second-order valence-electron chi connectivity index (χ2n) is 4.18. The number of halogens is 2. The van der Waals surface area contributed by atoms with E-state index < -0.39 is 39.5 Å². The topological polar surface area (TPSA) is 83.7 Å². The number of benzene rings is 1. The quantitative estimate of drug-likeness (QED) is 0.673. The van der Waals surface area contributed by atoms with Crippen LogP contribution in [0.4, 0.5) is 20.2 Å². The highest BCUT2D eigenvalue weighted by atomic mass is 19.2. The highest BCUT2D eigenvalue weighted by molar-refractivity contribution is 5.90. The third-order valence-corrected chi connectivity index (χ3v) is 3.01. The van der Waals surface area contributed by atoms with Gasteiger partial charge in [-0.15, -0.1) is 0 Å². The van der Waals surface area contributed by atoms with Gasteiger partial charge in [-0.2, -0.15) is 0 Å². The predicted molar refractivity (Wildman–Crippen MR) is 61.4 cm³/mol. The molecule has 1 saturated heterocycles. The Kier molecular flexibility index (Phi) is 3.32. The van der Waals surface area contributed by atoms with Crippen LogP contribution in [0.25, 0.3) is 0 Å². The van der Waals surface area contributed by atoms with Gasteiger partial charge in [-0.25, -0.2) is 13.6 Å². The monoisotopic (exact) mass is 272 g/mol. The fraction of sp³-hybridized carbons (Fsp3) is 0.364. The number of rotatable bonds is 3. The molecule has 0 saturated carbocycles. The van der Waals surface area contributed by atoms with Crippen LogP contribution in [0, 0.1) is 21.7 Å². The molecule has 6 nitrogen and oxygen atoms in total. The lowest BCUT2D eigenvalue weighted by Gasteiger charge is -2.18. The molecule has 1 aliphatic rings. The van der Waals surface area contributed by atoms with Gasteiger partial charge in [-0.3, -0.25) is 10.1 Å². The lowest BCUT2D eigenvalue weighted by molar-refractivity contribution is -0.384. The highest BCUT2D eigenvalue weighted by Crippen LogP contribution is 2.36. The fourth-order valence-corrected chi connectivity index (χ4v) is 2.14. The largest absolute Gasteiger partial charge is 0.478 e. The molecule has 0 bridgehead atoms. The molecule has 2 rings (SSSR count). The van der Waals surface area contributed by atoms with E-state index in [9.17, 15) is 23.7 Å². The van der Waals surface area contributed by atoms with E-state index >= 15 is 0 Å². The maximum absolute atomic E-state index is 13.9. The first kappa shape index (κ1) is 13.2. The van der Waals surface area contributed by atoms with E-state index in [0.29, 0.717) is 19.2 Å². The van der Waals surface area contributed by atoms with Crippen LogP contribution in [0.3, 0.4) is 0 Å². The van der Waals surface area contributed by atoms with Crippen molar-refractivity contribution in [1.29, 1.82) is 0 Å². The number of carboxylic acids is 1. The second kappa shape index (κ2) is 4.79. The summed E-state index contributed by atoms with van der Waals surface area (Å²) in [4.78, 5) is 22.1. The molecule has 0 amide bonds. The van der Waals surface area contributed by atoms with Crippen molar-refractivity contribution in [2.45, 2.75) is 12.8 Å². The summed E-state index contributed by atoms with van der Waals surface area (Å²) in [6, 6.07) is 0.564. The number of hydrogen-bond donors (Lipinski definition) is 1. The molecule has 102 valence electrons. The molecule has 1 N–H and O–H groups in total. The van der Waals surface area contributed by atoms with Crippen LogP contribution in [0.2, 0.25) is 0 Å². The van der Waals surface area contributed by atoms with Gasteiger partial charge in [-0.05, 0) is 12.8 Å². The summed E-state index contributed by atoms with van der Waals surface area (Å²) in [6.45, 7) is 0.757. The van der Waals surface area contributed by atoms with Gasteiger partial charge in [0.05, 0.1) is 4.92 Å². The minimum absolute atomic E-state index is 0.379. The van der Waals surface area contributed by atoms with Crippen LogP contribution >= 0.6 is 0 Å². The molecule has 1 fully saturated rings. The van der Waals surface area contributed by atoms with E-state index in [-0.39, 0.29) is 0 Å². The van der Waals surface area contributed by atoms with Gasteiger partial charge in [0.25, 0.3) is 5.69 Å². The Morgan fingerprint density at radius 2 is 1.89 bits per heavy atom. The molecule has 0 radical (unpaired) electrons. The smallest absolute Gasteiger partial charge is 0.339 e. The number of carboxylic acid groups (broad SMARTS) is 1. The minimum atomic E-state index is -1.74. The third-order valence-electron chi connectivity index (χ3n) is 3.01. The number of carbonyl (C=O) groups is 1. The predicted octanol–water partition coefficient (Wildman–Crippen LogP) is 2.17. The summed E-state index contributed by atoms with van der Waals surface area (Å²) < 4.78 is 27.5. The van der Waals surface area contributed by atoms with Crippen molar-refractivity contribution >= 4 is 17.3 Å². The second-order valence-corrected chi connectivity index (χ2v) is 4.18. The van der Waals surface area contributed by atoms with Crippen molar-refractivity contribution in [3.8, 4) is 0 Å². The van der Waals surface area contributed by atoms with Crippen LogP contribution in [0.15, 0.2) is 6.07 Å². The molecule has 1 aliphatic heterocycles. The van der Waals surface area contributed by atoms with E-state index in [1.165, 1.54) is 4.90 Å². The van der Waals surface area contributed by atoms with E-state index in [2.05, 4.69) is 0 Å². The summed E-state index contributed by atoms with van der Waals surface area (Å²) in [7, 11) is 0. The summed E-state index contributed by atoms with van der Waals surface area (Å²) >= 11 is 0. The molecule has 0 spiro atoms. The van der Waals surface area contributed by atoms with E-state index in [1.807, 2.05) is 0 Å². The van der Waals surface area contributed by atoms with Crippen LogP contribution in [-0.2, 0) is 0 Å². The van der Waals surface area contributed by atoms with Crippen molar-refractivity contribution in [2.75, 3.05) is 18.0 Å². The number of anilines is 1. The first-order chi connectivity index (χ1) is 8.93. The lowest BCUT2D eigenvalue weighted by Crippen LogP contribution is -2.22. The molecular formula is C11H10F2N2O4. The lowest BCUT2D eigenvalue weighted by atomic mass is 10.1. The number of hydrogen-bond acceptors (Lipinski definition) is 4. The van der Waals surface area contributed by atoms with Gasteiger partial charge in [0.2, 0.25) is 0 Å². The van der Waals surface area contributed by atoms with Gasteiger partial charge in [0.1, 0.15) is 5.56 Å². The maximum atomic E-state index is 13.9. The molecule has 0 unspecified atom stereocenters. The van der Waals surface area contributed by atoms with Gasteiger partial charge >= 0.3 is 5.97 Å². The Bertz CT molecular complexity index is 556. The zero-order chi connectivity index (χ0) is 14.2. The molecule has 0 atom stereocenters. The molecule has 0 aliphatic carbocycles. The van der Waals surface area contributed by atoms with Gasteiger partial charge in [-0.1, -0.05) is 0 Å². The molecule has 0 aromatic heterocycles. The minimum Gasteiger partial charge on any atom is -0.478 e. The van der Waals surface area contributed by atoms with Gasteiger partial charge in [0, 0.05) is 19.2 Å². The Labute approximate surface area is 106 Å². The average molecular weight is 272 g/mol. The van der Waals surface area contributed by atoms with E-state index in [0.717, 1.165) is 12.8 Å². The van der Waals surface area contributed by atoms with E-state index in [1.54, 1.807) is 0 Å². The van der Waals surface area contributed by atoms with Gasteiger partial charge in [0.15, 0.2) is 17.3 Å². The summed E-state index contributed by atoms with van der Waals surface area (Å²) in [5, 5.41) is 19.6. The Morgan fingerprint density at radius 3 is 2.37 bits per heavy atom. The molecule has 19 heavy (non-hydrogen) atoms. The zero-order valence-corrected chi connectivity index (χ0v) is 9.73. The first-order valence-electron chi connectivity index (χ1n) is 5.58. The first-order valence-corrected chi connectivity index (χ1v) is 5.58. The number of aromatic carboxylic acids is 1. The van der Waals surface area contributed by atoms with Crippen molar-refractivity contribution in [3.63, 3.8) is 0 Å². The van der Waals surface area contributed by atoms with Crippen LogP contribution < -0.4 is 4.90 Å². The molecule has 8 heteroatoms. The average Bonchev–Trinajstić information content (AvgIpc) is 2.84. The van der Waals surface area contributed by atoms with Gasteiger partial charge < -0.3 is 10.0 Å². The molecule has 1 aromatic carbocycles. The SMILES string of the molecule is O=C(O)c1cc([N+](=O)[O-])c(N2CCCC2)c(F)c1F. The highest BCUT2D eigenvalue weighted by Gasteiger charge is 2.32. The third kappa shape index (κ3) is 2.20. The summed E-state index contributed by atoms with van der Waals surface area (Å²) in [5.74, 6) is -4.79. The normalized spacial score (nSPS) is 14.7. The van der Waals surface area contributed by atoms with Crippen molar-refractivity contribution in [3.05, 3.63) is 33.4 Å². The van der Waals surface area contributed by atoms with Crippen LogP contribution in [-0.4, -0.2) is 29.1 Å². The van der Waals surface area contributed by atoms with Crippen molar-refractivity contribution < 1.29 is 23.6 Å². The molecular weight excluding hydrogens is 262 g/mol. The Balaban J connectivity index is 2.67. The molecule has 1 aromatic rings. The Morgan fingerprint density at radius 1 is 1.32 bits per heavy atom. The van der Waals surface area contributed by atoms with Crippen molar-refractivity contribution in [2.24, 2.45) is 0 Å². The molecule has 1 heterocycles. The maximum Gasteiger partial charge on any atom is 0.339 e. The summed E-state index contributed by atoms with van der Waals surface area (Å²) in [6.07, 6.45) is 1.44. The van der Waals surface area contributed by atoms with E-state index in [4.69, 9.17) is 5.11 Å². The number of nitrogens with zero attached hydrogens (tertiary/aromatic N) is 2. The van der Waals surface area contributed by atoms with Crippen LogP contribution in [0.1, 0.15) is 23.2 Å². The summed E-state index contributed by atoms with van der Waals surface area (Å²) in [5.41, 5.74) is -2.23. The zero-order valence-electron chi connectivity index (χ0n) is 9.73. The standard InChI is InChI=1S/C11H10F2N2O4/c12-8-6(11(16)17)5-7(15(18)19)10(9(8)13)14-3-1-2-4-14/h5H,1-4H2,(H,16,17). The van der Waals surface area contributed by atoms with Crippen LogP contribution in [0.5, 0.6) is 0 Å². The number of nitro benzene ring substituents is 1.